The second-order valence-corrected chi connectivity index (χ2v) is 6.81. The summed E-state index contributed by atoms with van der Waals surface area (Å²) in [6, 6.07) is 15.1. The first kappa shape index (κ1) is 17.7. The van der Waals surface area contributed by atoms with Gasteiger partial charge in [0.15, 0.2) is 0 Å². The molecular weight excluding hydrogens is 326 g/mol. The Balaban J connectivity index is 1.58. The van der Waals surface area contributed by atoms with E-state index in [1.807, 2.05) is 44.3 Å². The van der Waals surface area contributed by atoms with Crippen LogP contribution in [-0.2, 0) is 16.0 Å². The molecule has 0 saturated heterocycles. The summed E-state index contributed by atoms with van der Waals surface area (Å²) in [5.41, 5.74) is 3.43. The van der Waals surface area contributed by atoms with Gasteiger partial charge in [0, 0.05) is 34.9 Å². The van der Waals surface area contributed by atoms with Gasteiger partial charge >= 0.3 is 0 Å². The first-order chi connectivity index (χ1) is 12.5. The molecule has 3 rings (SSSR count). The molecule has 0 bridgehead atoms. The third-order valence-corrected chi connectivity index (χ3v) is 4.07. The Kier molecular flexibility index (Phi) is 5.37. The number of nitrogens with one attached hydrogen (secondary N) is 3. The van der Waals surface area contributed by atoms with Crippen molar-refractivity contribution in [2.24, 2.45) is 5.92 Å². The number of amides is 2. The van der Waals surface area contributed by atoms with Gasteiger partial charge in [0.05, 0.1) is 6.42 Å². The molecule has 0 aliphatic carbocycles. The highest BCUT2D eigenvalue weighted by Crippen LogP contribution is 2.19. The van der Waals surface area contributed by atoms with Crippen LogP contribution in [0.15, 0.2) is 54.7 Å². The van der Waals surface area contributed by atoms with Crippen molar-refractivity contribution in [3.63, 3.8) is 0 Å². The zero-order valence-electron chi connectivity index (χ0n) is 15.0. The summed E-state index contributed by atoms with van der Waals surface area (Å²) in [7, 11) is 0. The van der Waals surface area contributed by atoms with Crippen molar-refractivity contribution in [3.8, 4) is 0 Å². The molecule has 1 heterocycles. The van der Waals surface area contributed by atoms with Crippen LogP contribution in [0.25, 0.3) is 10.9 Å². The number of carbonyl (C=O) groups excluding carboxylic acids is 2. The summed E-state index contributed by atoms with van der Waals surface area (Å²) in [4.78, 5) is 27.3. The lowest BCUT2D eigenvalue weighted by Crippen LogP contribution is -2.15. The lowest BCUT2D eigenvalue weighted by Gasteiger charge is -2.09. The fourth-order valence-electron chi connectivity index (χ4n) is 2.88. The standard InChI is InChI=1S/C21H23N3O2/c1-14(2)11-20(25)23-16-7-9-17(10-8-16)24-21(26)12-15-13-22-19-6-4-3-5-18(15)19/h3-10,13-14,22H,11-12H2,1-2H3,(H,23,25)(H,24,26). The number of aromatic amines is 1. The molecule has 134 valence electrons. The SMILES string of the molecule is CC(C)CC(=O)Nc1ccc(NC(=O)Cc2c[nH]c3ccccc23)cc1. The van der Waals surface area contributed by atoms with Crippen molar-refractivity contribution >= 4 is 34.1 Å². The van der Waals surface area contributed by atoms with E-state index in [4.69, 9.17) is 0 Å². The van der Waals surface area contributed by atoms with E-state index in [2.05, 4.69) is 15.6 Å². The van der Waals surface area contributed by atoms with Gasteiger partial charge in [-0.2, -0.15) is 0 Å². The Morgan fingerprint density at radius 3 is 2.19 bits per heavy atom. The predicted molar refractivity (Wildman–Crippen MR) is 105 cm³/mol. The Labute approximate surface area is 152 Å². The van der Waals surface area contributed by atoms with Gasteiger partial charge in [-0.1, -0.05) is 32.0 Å². The molecule has 0 aliphatic heterocycles. The average Bonchev–Trinajstić information content (AvgIpc) is 2.99. The zero-order valence-corrected chi connectivity index (χ0v) is 15.0. The fraction of sp³-hybridized carbons (Fsp3) is 0.238. The number of fused-ring (bicyclic) bond motifs is 1. The second-order valence-electron chi connectivity index (χ2n) is 6.81. The van der Waals surface area contributed by atoms with Crippen LogP contribution in [0.5, 0.6) is 0 Å². The number of hydrogen-bond acceptors (Lipinski definition) is 2. The minimum atomic E-state index is -0.0775. The fourth-order valence-corrected chi connectivity index (χ4v) is 2.88. The Bertz CT molecular complexity index is 910. The second kappa shape index (κ2) is 7.87. The molecule has 3 N–H and O–H groups in total. The first-order valence-corrected chi connectivity index (χ1v) is 8.76. The average molecular weight is 349 g/mol. The van der Waals surface area contributed by atoms with Gasteiger partial charge in [0.1, 0.15) is 0 Å². The van der Waals surface area contributed by atoms with E-state index < -0.39 is 0 Å². The summed E-state index contributed by atoms with van der Waals surface area (Å²) >= 11 is 0. The van der Waals surface area contributed by atoms with E-state index in [1.165, 1.54) is 0 Å². The van der Waals surface area contributed by atoms with Crippen LogP contribution in [0.4, 0.5) is 11.4 Å². The van der Waals surface area contributed by atoms with Crippen LogP contribution >= 0.6 is 0 Å². The number of aromatic nitrogens is 1. The van der Waals surface area contributed by atoms with Crippen molar-refractivity contribution in [1.29, 1.82) is 0 Å². The molecule has 0 spiro atoms. The molecule has 5 heteroatoms. The Morgan fingerprint density at radius 1 is 0.923 bits per heavy atom. The van der Waals surface area contributed by atoms with Crippen molar-refractivity contribution in [3.05, 3.63) is 60.3 Å². The molecule has 2 aromatic carbocycles. The van der Waals surface area contributed by atoms with Gasteiger partial charge in [0.25, 0.3) is 0 Å². The van der Waals surface area contributed by atoms with E-state index in [0.717, 1.165) is 22.2 Å². The number of benzene rings is 2. The highest BCUT2D eigenvalue weighted by Gasteiger charge is 2.09. The van der Waals surface area contributed by atoms with Gasteiger partial charge in [0.2, 0.25) is 11.8 Å². The molecule has 3 aromatic rings. The van der Waals surface area contributed by atoms with E-state index in [9.17, 15) is 9.59 Å². The van der Waals surface area contributed by atoms with Crippen LogP contribution in [0.1, 0.15) is 25.8 Å². The van der Waals surface area contributed by atoms with E-state index >= 15 is 0 Å². The van der Waals surface area contributed by atoms with Gasteiger partial charge < -0.3 is 15.6 Å². The minimum absolute atomic E-state index is 0.00359. The summed E-state index contributed by atoms with van der Waals surface area (Å²) in [5.74, 6) is 0.237. The van der Waals surface area contributed by atoms with Crippen molar-refractivity contribution < 1.29 is 9.59 Å². The van der Waals surface area contributed by atoms with Gasteiger partial charge in [-0.05, 0) is 41.8 Å². The van der Waals surface area contributed by atoms with Crippen LogP contribution in [-0.4, -0.2) is 16.8 Å². The molecule has 0 saturated carbocycles. The lowest BCUT2D eigenvalue weighted by molar-refractivity contribution is -0.117. The number of carbonyl (C=O) groups is 2. The van der Waals surface area contributed by atoms with E-state index in [1.54, 1.807) is 24.3 Å². The maximum Gasteiger partial charge on any atom is 0.228 e. The monoisotopic (exact) mass is 349 g/mol. The molecular formula is C21H23N3O2. The quantitative estimate of drug-likeness (QED) is 0.619. The molecule has 0 atom stereocenters. The smallest absolute Gasteiger partial charge is 0.228 e. The molecule has 0 aliphatic rings. The Morgan fingerprint density at radius 2 is 1.54 bits per heavy atom. The van der Waals surface area contributed by atoms with Gasteiger partial charge in [-0.25, -0.2) is 0 Å². The number of hydrogen-bond donors (Lipinski definition) is 3. The molecule has 0 fully saturated rings. The third kappa shape index (κ3) is 4.51. The highest BCUT2D eigenvalue weighted by molar-refractivity contribution is 5.96. The van der Waals surface area contributed by atoms with Gasteiger partial charge in [-0.3, -0.25) is 9.59 Å². The van der Waals surface area contributed by atoms with E-state index in [0.29, 0.717) is 24.4 Å². The Hall–Kier alpha value is -3.08. The normalized spacial score (nSPS) is 10.9. The zero-order chi connectivity index (χ0) is 18.5. The third-order valence-electron chi connectivity index (χ3n) is 4.07. The maximum absolute atomic E-state index is 12.3. The number of para-hydroxylation sites is 1. The molecule has 26 heavy (non-hydrogen) atoms. The van der Waals surface area contributed by atoms with Gasteiger partial charge in [-0.15, -0.1) is 0 Å². The lowest BCUT2D eigenvalue weighted by atomic mass is 10.1. The van der Waals surface area contributed by atoms with Crippen LogP contribution < -0.4 is 10.6 Å². The summed E-state index contributed by atoms with van der Waals surface area (Å²) in [6.07, 6.45) is 2.66. The molecule has 2 amide bonds. The number of H-pyrrole nitrogens is 1. The molecule has 0 unspecified atom stereocenters. The maximum atomic E-state index is 12.3. The minimum Gasteiger partial charge on any atom is -0.361 e. The summed E-state index contributed by atoms with van der Waals surface area (Å²) in [6.45, 7) is 4.01. The molecule has 1 aromatic heterocycles. The highest BCUT2D eigenvalue weighted by atomic mass is 16.2. The first-order valence-electron chi connectivity index (χ1n) is 8.76. The number of rotatable bonds is 6. The topological polar surface area (TPSA) is 74.0 Å². The largest absolute Gasteiger partial charge is 0.361 e. The molecule has 5 nitrogen and oxygen atoms in total. The van der Waals surface area contributed by atoms with Crippen molar-refractivity contribution in [2.75, 3.05) is 10.6 Å². The number of anilines is 2. The van der Waals surface area contributed by atoms with E-state index in [-0.39, 0.29) is 11.8 Å². The van der Waals surface area contributed by atoms with Crippen molar-refractivity contribution in [2.45, 2.75) is 26.7 Å². The predicted octanol–water partition coefficient (Wildman–Crippen LogP) is 4.33. The summed E-state index contributed by atoms with van der Waals surface area (Å²) in [5, 5.41) is 6.81. The van der Waals surface area contributed by atoms with Crippen LogP contribution in [0.2, 0.25) is 0 Å². The van der Waals surface area contributed by atoms with Crippen LogP contribution in [0, 0.1) is 5.92 Å². The summed E-state index contributed by atoms with van der Waals surface area (Å²) < 4.78 is 0. The van der Waals surface area contributed by atoms with Crippen molar-refractivity contribution in [1.82, 2.24) is 4.98 Å². The molecule has 0 radical (unpaired) electrons. The van der Waals surface area contributed by atoms with Crippen LogP contribution in [0.3, 0.4) is 0 Å².